The van der Waals surface area contributed by atoms with E-state index < -0.39 is 0 Å². The van der Waals surface area contributed by atoms with Crippen molar-refractivity contribution in [3.05, 3.63) is 47.7 Å². The first kappa shape index (κ1) is 19.4. The molecule has 0 radical (unpaired) electrons. The monoisotopic (exact) mass is 420 g/mol. The van der Waals surface area contributed by atoms with Crippen molar-refractivity contribution in [1.82, 2.24) is 15.3 Å². The van der Waals surface area contributed by atoms with Gasteiger partial charge in [-0.25, -0.2) is 9.97 Å². The van der Waals surface area contributed by atoms with Crippen molar-refractivity contribution in [2.24, 2.45) is 0 Å². The Hall–Kier alpha value is -3.55. The molecule has 5 rings (SSSR count). The molecule has 1 atom stereocenters. The van der Waals surface area contributed by atoms with Crippen LogP contribution in [0.2, 0.25) is 0 Å². The zero-order valence-corrected chi connectivity index (χ0v) is 17.6. The highest BCUT2D eigenvalue weighted by atomic mass is 16.7. The molecule has 3 heterocycles. The molecule has 1 N–H and O–H groups in total. The van der Waals surface area contributed by atoms with Crippen molar-refractivity contribution in [3.8, 4) is 17.2 Å². The van der Waals surface area contributed by atoms with Crippen molar-refractivity contribution in [2.75, 3.05) is 25.3 Å². The lowest BCUT2D eigenvalue weighted by molar-refractivity contribution is -0.122. The standard InChI is InChI=1S/C23H24N4O4/c1-14-17-11-16(29-2)6-7-18(17)26-23(25-14)27-9-3-4-19(27)22(28)24-12-15-5-8-20-21(10-15)31-13-30-20/h5-8,10-11,19H,3-4,9,12-13H2,1-2H3,(H,24,28)/t19-/m0/s1. The number of hydrogen-bond donors (Lipinski definition) is 1. The van der Waals surface area contributed by atoms with Gasteiger partial charge in [-0.3, -0.25) is 4.79 Å². The van der Waals surface area contributed by atoms with E-state index in [4.69, 9.17) is 24.2 Å². The Morgan fingerprint density at radius 2 is 2.06 bits per heavy atom. The number of carbonyl (C=O) groups is 1. The molecule has 0 aliphatic carbocycles. The second-order valence-corrected chi connectivity index (χ2v) is 7.75. The van der Waals surface area contributed by atoms with Crippen molar-refractivity contribution in [1.29, 1.82) is 0 Å². The minimum absolute atomic E-state index is 0.0220. The predicted molar refractivity (Wildman–Crippen MR) is 116 cm³/mol. The maximum absolute atomic E-state index is 13.0. The molecule has 2 aliphatic rings. The van der Waals surface area contributed by atoms with Gasteiger partial charge >= 0.3 is 0 Å². The van der Waals surface area contributed by atoms with Gasteiger partial charge in [0.05, 0.1) is 18.3 Å². The summed E-state index contributed by atoms with van der Waals surface area (Å²) < 4.78 is 16.1. The Morgan fingerprint density at radius 1 is 1.19 bits per heavy atom. The summed E-state index contributed by atoms with van der Waals surface area (Å²) in [4.78, 5) is 24.4. The van der Waals surface area contributed by atoms with Gasteiger partial charge < -0.3 is 24.4 Å². The van der Waals surface area contributed by atoms with Crippen LogP contribution in [0.15, 0.2) is 36.4 Å². The Morgan fingerprint density at radius 3 is 2.94 bits per heavy atom. The number of carbonyl (C=O) groups excluding carboxylic acids is 1. The van der Waals surface area contributed by atoms with Crippen LogP contribution < -0.4 is 24.4 Å². The molecule has 2 aromatic carbocycles. The Labute approximate surface area is 180 Å². The summed E-state index contributed by atoms with van der Waals surface area (Å²) in [5, 5.41) is 4.00. The van der Waals surface area contributed by atoms with Crippen molar-refractivity contribution < 1.29 is 19.0 Å². The van der Waals surface area contributed by atoms with Gasteiger partial charge in [0.2, 0.25) is 18.6 Å². The molecule has 1 fully saturated rings. The van der Waals surface area contributed by atoms with E-state index in [9.17, 15) is 4.79 Å². The molecule has 0 saturated carbocycles. The van der Waals surface area contributed by atoms with E-state index in [1.807, 2.05) is 48.2 Å². The van der Waals surface area contributed by atoms with Gasteiger partial charge in [-0.2, -0.15) is 0 Å². The molecule has 8 heteroatoms. The van der Waals surface area contributed by atoms with Crippen LogP contribution >= 0.6 is 0 Å². The van der Waals surface area contributed by atoms with E-state index in [1.54, 1.807) is 7.11 Å². The molecule has 1 amide bonds. The number of benzene rings is 2. The molecule has 3 aromatic rings. The number of nitrogens with zero attached hydrogens (tertiary/aromatic N) is 3. The summed E-state index contributed by atoms with van der Waals surface area (Å²) in [5.41, 5.74) is 2.67. The maximum atomic E-state index is 13.0. The number of methoxy groups -OCH3 is 1. The highest BCUT2D eigenvalue weighted by molar-refractivity contribution is 5.87. The van der Waals surface area contributed by atoms with E-state index >= 15 is 0 Å². The number of nitrogens with one attached hydrogen (secondary N) is 1. The second-order valence-electron chi connectivity index (χ2n) is 7.75. The molecule has 0 unspecified atom stereocenters. The summed E-state index contributed by atoms with van der Waals surface area (Å²) in [6.45, 7) is 3.37. The molecule has 0 bridgehead atoms. The first-order chi connectivity index (χ1) is 15.1. The van der Waals surface area contributed by atoms with Gasteiger partial charge in [-0.05, 0) is 55.7 Å². The summed E-state index contributed by atoms with van der Waals surface area (Å²) in [5.74, 6) is 2.79. The first-order valence-electron chi connectivity index (χ1n) is 10.4. The predicted octanol–water partition coefficient (Wildman–Crippen LogP) is 2.96. The van der Waals surface area contributed by atoms with E-state index in [1.165, 1.54) is 0 Å². The number of ether oxygens (including phenoxy) is 3. The molecule has 31 heavy (non-hydrogen) atoms. The normalized spacial score (nSPS) is 17.2. The van der Waals surface area contributed by atoms with Gasteiger partial charge in [0.25, 0.3) is 0 Å². The van der Waals surface area contributed by atoms with E-state index in [-0.39, 0.29) is 18.7 Å². The van der Waals surface area contributed by atoms with Crippen LogP contribution in [0.25, 0.3) is 10.9 Å². The smallest absolute Gasteiger partial charge is 0.243 e. The topological polar surface area (TPSA) is 85.8 Å². The fourth-order valence-corrected chi connectivity index (χ4v) is 4.14. The fourth-order valence-electron chi connectivity index (χ4n) is 4.14. The molecular weight excluding hydrogens is 396 g/mol. The van der Waals surface area contributed by atoms with E-state index in [0.29, 0.717) is 18.2 Å². The lowest BCUT2D eigenvalue weighted by Crippen LogP contribution is -2.43. The highest BCUT2D eigenvalue weighted by Crippen LogP contribution is 2.32. The lowest BCUT2D eigenvalue weighted by Gasteiger charge is -2.24. The average Bonchev–Trinajstić information content (AvgIpc) is 3.46. The van der Waals surface area contributed by atoms with E-state index in [0.717, 1.165) is 53.0 Å². The molecule has 8 nitrogen and oxygen atoms in total. The maximum Gasteiger partial charge on any atom is 0.243 e. The van der Waals surface area contributed by atoms with E-state index in [2.05, 4.69) is 5.32 Å². The average molecular weight is 420 g/mol. The third-order valence-electron chi connectivity index (χ3n) is 5.80. The largest absolute Gasteiger partial charge is 0.497 e. The molecule has 160 valence electrons. The third-order valence-corrected chi connectivity index (χ3v) is 5.80. The quantitative estimate of drug-likeness (QED) is 0.679. The minimum Gasteiger partial charge on any atom is -0.497 e. The number of rotatable bonds is 5. The summed E-state index contributed by atoms with van der Waals surface area (Å²) in [6, 6.07) is 11.2. The third kappa shape index (κ3) is 3.69. The summed E-state index contributed by atoms with van der Waals surface area (Å²) in [7, 11) is 1.64. The van der Waals surface area contributed by atoms with Crippen LogP contribution in [0.4, 0.5) is 5.95 Å². The van der Waals surface area contributed by atoms with Crippen LogP contribution in [0.1, 0.15) is 24.1 Å². The van der Waals surface area contributed by atoms with Gasteiger partial charge in [0, 0.05) is 18.5 Å². The lowest BCUT2D eigenvalue weighted by atomic mass is 10.1. The molecular formula is C23H24N4O4. The Bertz CT molecular complexity index is 1150. The molecule has 1 saturated heterocycles. The van der Waals surface area contributed by atoms with Crippen LogP contribution in [0.3, 0.4) is 0 Å². The zero-order chi connectivity index (χ0) is 21.4. The first-order valence-corrected chi connectivity index (χ1v) is 10.4. The van der Waals surface area contributed by atoms with Crippen molar-refractivity contribution >= 4 is 22.8 Å². The van der Waals surface area contributed by atoms with Gasteiger partial charge in [-0.1, -0.05) is 6.07 Å². The zero-order valence-electron chi connectivity index (χ0n) is 17.6. The van der Waals surface area contributed by atoms with Crippen LogP contribution in [-0.4, -0.2) is 42.4 Å². The number of aromatic nitrogens is 2. The molecule has 2 aliphatic heterocycles. The fraction of sp³-hybridized carbons (Fsp3) is 0.348. The second kappa shape index (κ2) is 7.94. The van der Waals surface area contributed by atoms with Crippen LogP contribution in [-0.2, 0) is 11.3 Å². The number of fused-ring (bicyclic) bond motifs is 2. The van der Waals surface area contributed by atoms with Crippen LogP contribution in [0.5, 0.6) is 17.2 Å². The Kier molecular flexibility index (Phi) is 4.97. The van der Waals surface area contributed by atoms with Gasteiger partial charge in [0.1, 0.15) is 11.8 Å². The SMILES string of the molecule is COc1ccc2nc(N3CCC[C@H]3C(=O)NCc3ccc4c(c3)OCO4)nc(C)c2c1. The number of amides is 1. The van der Waals surface area contributed by atoms with Gasteiger partial charge in [-0.15, -0.1) is 0 Å². The van der Waals surface area contributed by atoms with Gasteiger partial charge in [0.15, 0.2) is 11.5 Å². The van der Waals surface area contributed by atoms with Crippen molar-refractivity contribution in [2.45, 2.75) is 32.4 Å². The molecule has 1 aromatic heterocycles. The van der Waals surface area contributed by atoms with Crippen molar-refractivity contribution in [3.63, 3.8) is 0 Å². The summed E-state index contributed by atoms with van der Waals surface area (Å²) in [6.07, 6.45) is 1.70. The number of aryl methyl sites for hydroxylation is 1. The summed E-state index contributed by atoms with van der Waals surface area (Å²) >= 11 is 0. The highest BCUT2D eigenvalue weighted by Gasteiger charge is 2.32. The Balaban J connectivity index is 1.32. The van der Waals surface area contributed by atoms with Crippen LogP contribution in [0, 0.1) is 6.92 Å². The minimum atomic E-state index is -0.288. The number of anilines is 1. The molecule has 0 spiro atoms. The number of hydrogen-bond acceptors (Lipinski definition) is 7.